The fourth-order valence-corrected chi connectivity index (χ4v) is 3.21. The lowest BCUT2D eigenvalue weighted by Crippen LogP contribution is -2.23. The molecule has 1 saturated carbocycles. The van der Waals surface area contributed by atoms with E-state index in [2.05, 4.69) is 19.1 Å². The average Bonchev–Trinajstić information content (AvgIpc) is 2.46. The van der Waals surface area contributed by atoms with Gasteiger partial charge in [-0.3, -0.25) is 4.79 Å². The predicted molar refractivity (Wildman–Crippen MR) is 80.1 cm³/mol. The van der Waals surface area contributed by atoms with Crippen LogP contribution in [0, 0.1) is 11.8 Å². The van der Waals surface area contributed by atoms with Gasteiger partial charge in [-0.1, -0.05) is 56.5 Å². The van der Waals surface area contributed by atoms with Crippen LogP contribution in [0.5, 0.6) is 0 Å². The van der Waals surface area contributed by atoms with Crippen LogP contribution in [0.4, 0.5) is 0 Å². The Bertz CT molecular complexity index is 374. The molecule has 1 nitrogen and oxygen atoms in total. The lowest BCUT2D eigenvalue weighted by Gasteiger charge is -2.27. The Balaban J connectivity index is 1.76. The highest BCUT2D eigenvalue weighted by Gasteiger charge is 2.25. The number of unbranched alkanes of at least 4 members (excludes halogenated alkanes) is 1. The lowest BCUT2D eigenvalue weighted by atomic mass is 9.77. The van der Waals surface area contributed by atoms with Crippen molar-refractivity contribution in [3.63, 3.8) is 0 Å². The Hall–Kier alpha value is -1.11. The summed E-state index contributed by atoms with van der Waals surface area (Å²) in [4.78, 5) is 12.3. The van der Waals surface area contributed by atoms with Gasteiger partial charge in [0.05, 0.1) is 0 Å². The number of hydrogen-bond acceptors (Lipinski definition) is 1. The zero-order chi connectivity index (χ0) is 13.5. The highest BCUT2D eigenvalue weighted by molar-refractivity contribution is 5.83. The van der Waals surface area contributed by atoms with Crippen LogP contribution in [0.3, 0.4) is 0 Å². The molecule has 0 aromatic heterocycles. The van der Waals surface area contributed by atoms with E-state index in [0.29, 0.717) is 18.1 Å². The second kappa shape index (κ2) is 7.47. The highest BCUT2D eigenvalue weighted by Crippen LogP contribution is 2.32. The summed E-state index contributed by atoms with van der Waals surface area (Å²) < 4.78 is 0. The molecular weight excluding hydrogens is 232 g/mol. The van der Waals surface area contributed by atoms with Crippen LogP contribution < -0.4 is 0 Å². The molecule has 1 aromatic carbocycles. The Labute approximate surface area is 117 Å². The second-order valence-corrected chi connectivity index (χ2v) is 5.99. The molecule has 0 heterocycles. The fraction of sp³-hybridized carbons (Fsp3) is 0.611. The molecule has 19 heavy (non-hydrogen) atoms. The minimum atomic E-state index is 0.332. The largest absolute Gasteiger partial charge is 0.299 e. The normalized spacial score (nSPS) is 23.2. The van der Waals surface area contributed by atoms with Crippen LogP contribution in [0.1, 0.15) is 57.4 Å². The van der Waals surface area contributed by atoms with Crippen LogP contribution in [0.25, 0.3) is 0 Å². The number of carbonyl (C=O) groups excluding carboxylic acids is 1. The molecule has 1 aromatic rings. The first-order valence-corrected chi connectivity index (χ1v) is 7.86. The van der Waals surface area contributed by atoms with Gasteiger partial charge in [-0.15, -0.1) is 0 Å². The summed E-state index contributed by atoms with van der Waals surface area (Å²) in [6, 6.07) is 10.2. The molecule has 0 saturated heterocycles. The molecule has 0 radical (unpaired) electrons. The third kappa shape index (κ3) is 4.49. The van der Waals surface area contributed by atoms with E-state index in [-0.39, 0.29) is 0 Å². The smallest absolute Gasteiger partial charge is 0.140 e. The zero-order valence-electron chi connectivity index (χ0n) is 12.1. The van der Waals surface area contributed by atoms with Crippen molar-refractivity contribution in [2.24, 2.45) is 11.8 Å². The molecule has 104 valence electrons. The quantitative estimate of drug-likeness (QED) is 0.716. The van der Waals surface area contributed by atoms with Crippen molar-refractivity contribution in [1.82, 2.24) is 0 Å². The van der Waals surface area contributed by atoms with Gasteiger partial charge < -0.3 is 0 Å². The predicted octanol–water partition coefficient (Wildman–Crippen LogP) is 4.79. The van der Waals surface area contributed by atoms with E-state index in [9.17, 15) is 4.79 Å². The Kier molecular flexibility index (Phi) is 5.62. The molecule has 0 amide bonds. The maximum Gasteiger partial charge on any atom is 0.140 e. The molecule has 1 heteroatoms. The van der Waals surface area contributed by atoms with E-state index in [1.54, 1.807) is 0 Å². The van der Waals surface area contributed by atoms with Crippen molar-refractivity contribution in [3.05, 3.63) is 35.9 Å². The van der Waals surface area contributed by atoms with Gasteiger partial charge in [-0.2, -0.15) is 0 Å². The van der Waals surface area contributed by atoms with Crippen LogP contribution in [-0.4, -0.2) is 5.78 Å². The number of ketones is 1. The first kappa shape index (κ1) is 14.3. The summed E-state index contributed by atoms with van der Waals surface area (Å²) in [6.45, 7) is 2.26. The van der Waals surface area contributed by atoms with Gasteiger partial charge in [0.25, 0.3) is 0 Å². The molecule has 1 fully saturated rings. The molecule has 1 aliphatic carbocycles. The summed E-state index contributed by atoms with van der Waals surface area (Å²) >= 11 is 0. The molecule has 0 bridgehead atoms. The van der Waals surface area contributed by atoms with Gasteiger partial charge in [0.1, 0.15) is 5.78 Å². The van der Waals surface area contributed by atoms with E-state index < -0.39 is 0 Å². The van der Waals surface area contributed by atoms with E-state index in [0.717, 1.165) is 18.8 Å². The molecule has 0 aliphatic heterocycles. The number of carbonyl (C=O) groups is 1. The zero-order valence-corrected chi connectivity index (χ0v) is 12.1. The summed E-state index contributed by atoms with van der Waals surface area (Å²) in [5, 5.41) is 0. The summed E-state index contributed by atoms with van der Waals surface area (Å²) in [7, 11) is 0. The second-order valence-electron chi connectivity index (χ2n) is 5.99. The Morgan fingerprint density at radius 1 is 1.11 bits per heavy atom. The van der Waals surface area contributed by atoms with Crippen LogP contribution in [0.15, 0.2) is 30.3 Å². The maximum absolute atomic E-state index is 12.3. The van der Waals surface area contributed by atoms with Gasteiger partial charge in [0, 0.05) is 12.3 Å². The van der Waals surface area contributed by atoms with Crippen LogP contribution in [-0.2, 0) is 11.2 Å². The minimum Gasteiger partial charge on any atom is -0.299 e. The number of Topliss-reactive ketones (excluding diaryl/α,β-unsaturated/α-hetero) is 1. The van der Waals surface area contributed by atoms with E-state index in [1.165, 1.54) is 37.7 Å². The van der Waals surface area contributed by atoms with Gasteiger partial charge in [-0.05, 0) is 37.2 Å². The van der Waals surface area contributed by atoms with E-state index in [4.69, 9.17) is 0 Å². The minimum absolute atomic E-state index is 0.332. The van der Waals surface area contributed by atoms with Gasteiger partial charge >= 0.3 is 0 Å². The standard InChI is InChI=1S/C18H26O/c1-2-3-7-15-10-12-17(13-11-15)18(19)14-16-8-5-4-6-9-16/h4-6,8-9,15,17H,2-3,7,10-14H2,1H3. The van der Waals surface area contributed by atoms with Crippen molar-refractivity contribution in [2.45, 2.75) is 58.3 Å². The van der Waals surface area contributed by atoms with Crippen molar-refractivity contribution in [3.8, 4) is 0 Å². The molecule has 0 unspecified atom stereocenters. The summed E-state index contributed by atoms with van der Waals surface area (Å²) in [5.41, 5.74) is 1.17. The van der Waals surface area contributed by atoms with E-state index >= 15 is 0 Å². The molecule has 2 rings (SSSR count). The topological polar surface area (TPSA) is 17.1 Å². The molecule has 1 aliphatic rings. The summed E-state index contributed by atoms with van der Waals surface area (Å²) in [5.74, 6) is 1.68. The number of benzene rings is 1. The van der Waals surface area contributed by atoms with Gasteiger partial charge in [0.15, 0.2) is 0 Å². The van der Waals surface area contributed by atoms with E-state index in [1.807, 2.05) is 18.2 Å². The molecule has 0 N–H and O–H groups in total. The Morgan fingerprint density at radius 3 is 2.42 bits per heavy atom. The fourth-order valence-electron chi connectivity index (χ4n) is 3.21. The van der Waals surface area contributed by atoms with Gasteiger partial charge in [-0.25, -0.2) is 0 Å². The maximum atomic E-state index is 12.3. The third-order valence-corrected chi connectivity index (χ3v) is 4.49. The van der Waals surface area contributed by atoms with Crippen LogP contribution in [0.2, 0.25) is 0 Å². The SMILES string of the molecule is CCCCC1CCC(C(=O)Cc2ccccc2)CC1. The highest BCUT2D eigenvalue weighted by atomic mass is 16.1. The first-order valence-electron chi connectivity index (χ1n) is 7.86. The van der Waals surface area contributed by atoms with Crippen molar-refractivity contribution in [2.75, 3.05) is 0 Å². The number of hydrogen-bond donors (Lipinski definition) is 0. The monoisotopic (exact) mass is 258 g/mol. The van der Waals surface area contributed by atoms with Crippen LogP contribution >= 0.6 is 0 Å². The van der Waals surface area contributed by atoms with Crippen molar-refractivity contribution in [1.29, 1.82) is 0 Å². The van der Waals surface area contributed by atoms with Crippen molar-refractivity contribution < 1.29 is 4.79 Å². The first-order chi connectivity index (χ1) is 9.29. The summed E-state index contributed by atoms with van der Waals surface area (Å²) in [6.07, 6.45) is 9.44. The Morgan fingerprint density at radius 2 is 1.79 bits per heavy atom. The molecule has 0 spiro atoms. The molecular formula is C18H26O. The lowest BCUT2D eigenvalue weighted by molar-refractivity contribution is -0.123. The third-order valence-electron chi connectivity index (χ3n) is 4.49. The van der Waals surface area contributed by atoms with Crippen molar-refractivity contribution >= 4 is 5.78 Å². The van der Waals surface area contributed by atoms with Gasteiger partial charge in [0.2, 0.25) is 0 Å². The average molecular weight is 258 g/mol. The molecule has 0 atom stereocenters. The number of rotatable bonds is 6.